The van der Waals surface area contributed by atoms with E-state index < -0.39 is 26.8 Å². The van der Waals surface area contributed by atoms with E-state index in [2.05, 4.69) is 6.07 Å². The lowest BCUT2D eigenvalue weighted by atomic mass is 9.91. The van der Waals surface area contributed by atoms with Gasteiger partial charge in [0.2, 0.25) is 0 Å². The van der Waals surface area contributed by atoms with Crippen LogP contribution in [0.5, 0.6) is 5.75 Å². The summed E-state index contributed by atoms with van der Waals surface area (Å²) in [6.45, 7) is 6.94. The number of ether oxygens (including phenoxy) is 2. The Bertz CT molecular complexity index is 1580. The summed E-state index contributed by atoms with van der Waals surface area (Å²) in [5, 5.41) is -0.781. The number of rotatable bonds is 7. The fourth-order valence-electron chi connectivity index (χ4n) is 6.19. The Labute approximate surface area is 260 Å². The standard InChI is InChI=1S/C35H42N2O6S/c1-35(2,3)43-34(39)36-21-7-11-28(24-36)32(44(40,41)30-19-17-29(42-4)18-20-30)23-25-13-15-27(16-14-25)33(38)37-22-8-10-26-9-5-6-12-31(26)37/h5-6,9,12-20,28,32H,7-8,10-11,21-24H2,1-4H3. The van der Waals surface area contributed by atoms with Crippen LogP contribution in [0.3, 0.4) is 0 Å². The fourth-order valence-corrected chi connectivity index (χ4v) is 8.20. The van der Waals surface area contributed by atoms with Crippen molar-refractivity contribution in [1.82, 2.24) is 4.90 Å². The van der Waals surface area contributed by atoms with Crippen molar-refractivity contribution in [2.45, 2.75) is 68.6 Å². The van der Waals surface area contributed by atoms with Gasteiger partial charge in [0, 0.05) is 30.9 Å². The van der Waals surface area contributed by atoms with Crippen LogP contribution in [0, 0.1) is 5.92 Å². The van der Waals surface area contributed by atoms with Gasteiger partial charge >= 0.3 is 6.09 Å². The smallest absolute Gasteiger partial charge is 0.410 e. The molecule has 2 heterocycles. The van der Waals surface area contributed by atoms with Crippen LogP contribution >= 0.6 is 0 Å². The second kappa shape index (κ2) is 13.0. The van der Waals surface area contributed by atoms with Crippen molar-refractivity contribution in [2.24, 2.45) is 5.92 Å². The summed E-state index contributed by atoms with van der Waals surface area (Å²) in [6, 6.07) is 21.7. The zero-order chi connectivity index (χ0) is 31.5. The van der Waals surface area contributed by atoms with E-state index in [9.17, 15) is 18.0 Å². The van der Waals surface area contributed by atoms with Gasteiger partial charge in [-0.1, -0.05) is 30.3 Å². The Morgan fingerprint density at radius 3 is 2.32 bits per heavy atom. The highest BCUT2D eigenvalue weighted by molar-refractivity contribution is 7.92. The molecule has 0 N–H and O–H groups in total. The number of aryl methyl sites for hydroxylation is 1. The molecular weight excluding hydrogens is 576 g/mol. The minimum absolute atomic E-state index is 0.0635. The molecule has 234 valence electrons. The topological polar surface area (TPSA) is 93.2 Å². The largest absolute Gasteiger partial charge is 0.497 e. The molecule has 2 amide bonds. The molecule has 9 heteroatoms. The molecular formula is C35H42N2O6S. The third kappa shape index (κ3) is 7.09. The van der Waals surface area contributed by atoms with Crippen LogP contribution in [0.15, 0.2) is 77.7 Å². The Morgan fingerprint density at radius 2 is 1.64 bits per heavy atom. The van der Waals surface area contributed by atoms with Crippen LogP contribution in [0.4, 0.5) is 10.5 Å². The average Bonchev–Trinajstić information content (AvgIpc) is 3.02. The third-order valence-corrected chi connectivity index (χ3v) is 10.7. The first-order valence-corrected chi connectivity index (χ1v) is 16.9. The molecule has 0 spiro atoms. The molecule has 2 atom stereocenters. The van der Waals surface area contributed by atoms with Gasteiger partial charge in [-0.2, -0.15) is 0 Å². The zero-order valence-electron chi connectivity index (χ0n) is 26.0. The number of carbonyl (C=O) groups is 2. The number of likely N-dealkylation sites (tertiary alicyclic amines) is 1. The van der Waals surface area contributed by atoms with Crippen LogP contribution in [-0.4, -0.2) is 62.9 Å². The van der Waals surface area contributed by atoms with Crippen molar-refractivity contribution >= 4 is 27.5 Å². The average molecular weight is 619 g/mol. The Morgan fingerprint density at radius 1 is 0.932 bits per heavy atom. The quantitative estimate of drug-likeness (QED) is 0.308. The summed E-state index contributed by atoms with van der Waals surface area (Å²) >= 11 is 0. The molecule has 0 aromatic heterocycles. The number of fused-ring (bicyclic) bond motifs is 1. The normalized spacial score (nSPS) is 17.9. The first-order valence-electron chi connectivity index (χ1n) is 15.3. The van der Waals surface area contributed by atoms with Gasteiger partial charge in [0.15, 0.2) is 9.84 Å². The Balaban J connectivity index is 1.40. The number of carbonyl (C=O) groups excluding carboxylic acids is 2. The van der Waals surface area contributed by atoms with Crippen LogP contribution in [0.1, 0.15) is 61.5 Å². The van der Waals surface area contributed by atoms with Gasteiger partial charge in [-0.3, -0.25) is 4.79 Å². The summed E-state index contributed by atoms with van der Waals surface area (Å²) in [4.78, 5) is 30.1. The maximum atomic E-state index is 14.2. The minimum atomic E-state index is -3.79. The number of anilines is 1. The molecule has 1 fully saturated rings. The zero-order valence-corrected chi connectivity index (χ0v) is 26.8. The summed E-state index contributed by atoms with van der Waals surface area (Å²) < 4.78 is 39.3. The SMILES string of the molecule is COc1ccc(S(=O)(=O)C(Cc2ccc(C(=O)N3CCCc4ccccc43)cc2)C2CCCN(C(=O)OC(C)(C)C)C2)cc1. The van der Waals surface area contributed by atoms with E-state index in [4.69, 9.17) is 9.47 Å². The molecule has 8 nitrogen and oxygen atoms in total. The lowest BCUT2D eigenvalue weighted by Gasteiger charge is -2.37. The maximum absolute atomic E-state index is 14.2. The van der Waals surface area contributed by atoms with Gasteiger partial charge in [-0.15, -0.1) is 0 Å². The van der Waals surface area contributed by atoms with E-state index in [0.717, 1.165) is 24.1 Å². The predicted molar refractivity (Wildman–Crippen MR) is 171 cm³/mol. The van der Waals surface area contributed by atoms with E-state index >= 15 is 0 Å². The Hall–Kier alpha value is -3.85. The monoisotopic (exact) mass is 618 g/mol. The molecule has 0 saturated carbocycles. The van der Waals surface area contributed by atoms with Crippen molar-refractivity contribution in [3.8, 4) is 5.75 Å². The van der Waals surface area contributed by atoms with Gasteiger partial charge in [0.25, 0.3) is 5.91 Å². The van der Waals surface area contributed by atoms with Crippen LogP contribution in [-0.2, 0) is 27.4 Å². The highest BCUT2D eigenvalue weighted by Gasteiger charge is 2.39. The first kappa shape index (κ1) is 31.6. The summed E-state index contributed by atoms with van der Waals surface area (Å²) in [6.07, 6.45) is 3.04. The lowest BCUT2D eigenvalue weighted by molar-refractivity contribution is 0.0163. The summed E-state index contributed by atoms with van der Waals surface area (Å²) in [5.74, 6) is 0.215. The molecule has 3 aromatic rings. The molecule has 0 bridgehead atoms. The van der Waals surface area contributed by atoms with Crippen molar-refractivity contribution in [3.63, 3.8) is 0 Å². The molecule has 5 rings (SSSR count). The molecule has 3 aromatic carbocycles. The molecule has 2 aliphatic heterocycles. The van der Waals surface area contributed by atoms with Crippen LogP contribution in [0.2, 0.25) is 0 Å². The van der Waals surface area contributed by atoms with Gasteiger partial charge in [-0.05, 0) is 112 Å². The van der Waals surface area contributed by atoms with E-state index in [0.29, 0.717) is 43.8 Å². The molecule has 1 saturated heterocycles. The number of methoxy groups -OCH3 is 1. The lowest BCUT2D eigenvalue weighted by Crippen LogP contribution is -2.47. The molecule has 2 unspecified atom stereocenters. The number of piperidine rings is 1. The van der Waals surface area contributed by atoms with E-state index in [1.807, 2.05) is 56.0 Å². The highest BCUT2D eigenvalue weighted by Crippen LogP contribution is 2.33. The van der Waals surface area contributed by atoms with Crippen LogP contribution in [0.25, 0.3) is 0 Å². The summed E-state index contributed by atoms with van der Waals surface area (Å²) in [7, 11) is -2.25. The molecule has 0 aliphatic carbocycles. The Kier molecular flexibility index (Phi) is 9.34. The minimum Gasteiger partial charge on any atom is -0.497 e. The second-order valence-electron chi connectivity index (χ2n) is 12.7. The first-order chi connectivity index (χ1) is 21.0. The van der Waals surface area contributed by atoms with Gasteiger partial charge in [-0.25, -0.2) is 13.2 Å². The van der Waals surface area contributed by atoms with Gasteiger partial charge in [0.1, 0.15) is 11.4 Å². The van der Waals surface area contributed by atoms with Crippen molar-refractivity contribution in [3.05, 3.63) is 89.5 Å². The van der Waals surface area contributed by atoms with Crippen LogP contribution < -0.4 is 9.64 Å². The third-order valence-electron chi connectivity index (χ3n) is 8.42. The predicted octanol–water partition coefficient (Wildman–Crippen LogP) is 6.32. The highest BCUT2D eigenvalue weighted by atomic mass is 32.2. The van der Waals surface area contributed by atoms with Gasteiger partial charge in [0.05, 0.1) is 17.3 Å². The molecule has 44 heavy (non-hydrogen) atoms. The maximum Gasteiger partial charge on any atom is 0.410 e. The molecule has 2 aliphatic rings. The number of amides is 2. The van der Waals surface area contributed by atoms with E-state index in [1.165, 1.54) is 12.7 Å². The van der Waals surface area contributed by atoms with Crippen molar-refractivity contribution < 1.29 is 27.5 Å². The van der Waals surface area contributed by atoms with E-state index in [-0.39, 0.29) is 23.1 Å². The fraction of sp³-hybridized carbons (Fsp3) is 0.429. The summed E-state index contributed by atoms with van der Waals surface area (Å²) in [5.41, 5.74) is 2.85. The molecule has 0 radical (unpaired) electrons. The number of nitrogens with zero attached hydrogens (tertiary/aromatic N) is 2. The number of para-hydroxylation sites is 1. The van der Waals surface area contributed by atoms with Crippen molar-refractivity contribution in [2.75, 3.05) is 31.6 Å². The second-order valence-corrected chi connectivity index (χ2v) is 14.8. The van der Waals surface area contributed by atoms with Crippen molar-refractivity contribution in [1.29, 1.82) is 0 Å². The van der Waals surface area contributed by atoms with Gasteiger partial charge < -0.3 is 19.3 Å². The number of benzene rings is 3. The number of hydrogen-bond acceptors (Lipinski definition) is 6. The number of sulfone groups is 1. The number of hydrogen-bond donors (Lipinski definition) is 0. The van der Waals surface area contributed by atoms with E-state index in [1.54, 1.807) is 41.3 Å².